The highest BCUT2D eigenvalue weighted by atomic mass is 16.5. The van der Waals surface area contributed by atoms with Gasteiger partial charge in [-0.3, -0.25) is 9.59 Å². The number of amides is 1. The van der Waals surface area contributed by atoms with Gasteiger partial charge in [0, 0.05) is 13.1 Å². The van der Waals surface area contributed by atoms with Gasteiger partial charge >= 0.3 is 5.97 Å². The summed E-state index contributed by atoms with van der Waals surface area (Å²) in [5.41, 5.74) is 0. The second-order valence-corrected chi connectivity index (χ2v) is 5.11. The molecule has 0 spiro atoms. The summed E-state index contributed by atoms with van der Waals surface area (Å²) in [6, 6.07) is 7.00. The molecule has 0 fully saturated rings. The molecule has 21 heavy (non-hydrogen) atoms. The van der Waals surface area contributed by atoms with Gasteiger partial charge in [-0.05, 0) is 18.1 Å². The molecule has 1 aromatic carbocycles. The van der Waals surface area contributed by atoms with E-state index in [4.69, 9.17) is 14.6 Å². The molecule has 0 aliphatic rings. The lowest BCUT2D eigenvalue weighted by Gasteiger charge is -2.15. The quantitative estimate of drug-likeness (QED) is 0.789. The van der Waals surface area contributed by atoms with Gasteiger partial charge in [0.25, 0.3) is 5.91 Å². The molecule has 0 heterocycles. The van der Waals surface area contributed by atoms with E-state index < -0.39 is 11.9 Å². The first-order valence-electron chi connectivity index (χ1n) is 6.70. The average molecular weight is 295 g/mol. The fourth-order valence-corrected chi connectivity index (χ4v) is 1.46. The van der Waals surface area contributed by atoms with Crippen molar-refractivity contribution in [3.63, 3.8) is 0 Å². The molecule has 0 bridgehead atoms. The van der Waals surface area contributed by atoms with Crippen molar-refractivity contribution in [3.8, 4) is 11.5 Å². The summed E-state index contributed by atoms with van der Waals surface area (Å²) in [7, 11) is 1.42. The van der Waals surface area contributed by atoms with Crippen LogP contribution in [0.3, 0.4) is 0 Å². The minimum atomic E-state index is -1.06. The number of benzene rings is 1. The first kappa shape index (κ1) is 16.8. The van der Waals surface area contributed by atoms with E-state index in [-0.39, 0.29) is 13.2 Å². The molecule has 6 nitrogen and oxygen atoms in total. The lowest BCUT2D eigenvalue weighted by Crippen LogP contribution is -2.35. The van der Waals surface area contributed by atoms with Crippen LogP contribution in [-0.4, -0.2) is 48.7 Å². The van der Waals surface area contributed by atoms with Crippen molar-refractivity contribution >= 4 is 11.9 Å². The maximum Gasteiger partial charge on any atom is 0.323 e. The van der Waals surface area contributed by atoms with Gasteiger partial charge in [0.05, 0.1) is 6.61 Å². The Morgan fingerprint density at radius 1 is 1.24 bits per heavy atom. The topological polar surface area (TPSA) is 76.1 Å². The van der Waals surface area contributed by atoms with Crippen molar-refractivity contribution < 1.29 is 24.2 Å². The van der Waals surface area contributed by atoms with Crippen LogP contribution in [0.4, 0.5) is 0 Å². The average Bonchev–Trinajstić information content (AvgIpc) is 2.42. The molecule has 6 heteroatoms. The fourth-order valence-electron chi connectivity index (χ4n) is 1.46. The molecule has 1 N–H and O–H groups in total. The Kier molecular flexibility index (Phi) is 6.52. The number of likely N-dealkylation sites (N-methyl/N-ethyl adjacent to an activating group) is 1. The zero-order chi connectivity index (χ0) is 15.8. The Morgan fingerprint density at radius 3 is 2.43 bits per heavy atom. The summed E-state index contributed by atoms with van der Waals surface area (Å²) in [5, 5.41) is 8.61. The Labute approximate surface area is 124 Å². The van der Waals surface area contributed by atoms with Gasteiger partial charge in [-0.15, -0.1) is 0 Å². The van der Waals surface area contributed by atoms with Crippen LogP contribution in [0, 0.1) is 5.92 Å². The summed E-state index contributed by atoms with van der Waals surface area (Å²) in [4.78, 5) is 23.3. The highest BCUT2D eigenvalue weighted by molar-refractivity contribution is 5.82. The van der Waals surface area contributed by atoms with E-state index in [1.165, 1.54) is 7.05 Å². The molecule has 0 aromatic heterocycles. The van der Waals surface area contributed by atoms with Gasteiger partial charge in [-0.1, -0.05) is 19.9 Å². The number of carboxylic acids is 1. The normalized spacial score (nSPS) is 10.3. The van der Waals surface area contributed by atoms with E-state index >= 15 is 0 Å². The number of ether oxygens (including phenoxy) is 2. The maximum atomic E-state index is 11.7. The molecule has 1 aromatic rings. The zero-order valence-electron chi connectivity index (χ0n) is 12.5. The van der Waals surface area contributed by atoms with Gasteiger partial charge in [0.15, 0.2) is 6.61 Å². The molecule has 1 amide bonds. The molecule has 116 valence electrons. The van der Waals surface area contributed by atoms with Crippen molar-refractivity contribution in [2.24, 2.45) is 5.92 Å². The van der Waals surface area contributed by atoms with Crippen molar-refractivity contribution in [1.82, 2.24) is 4.90 Å². The minimum absolute atomic E-state index is 0.211. The number of carbonyl (C=O) groups is 2. The smallest absolute Gasteiger partial charge is 0.323 e. The van der Waals surface area contributed by atoms with Crippen LogP contribution in [0.25, 0.3) is 0 Å². The molecular formula is C15H21NO5. The van der Waals surface area contributed by atoms with E-state index in [0.717, 1.165) is 4.90 Å². The lowest BCUT2D eigenvalue weighted by atomic mass is 10.2. The molecular weight excluding hydrogens is 274 g/mol. The van der Waals surface area contributed by atoms with Gasteiger partial charge in [0.1, 0.15) is 18.0 Å². The SMILES string of the molecule is CC(C)COc1cccc(OCC(=O)N(C)CC(=O)O)c1. The van der Waals surface area contributed by atoms with Gasteiger partial charge in [-0.2, -0.15) is 0 Å². The minimum Gasteiger partial charge on any atom is -0.493 e. The Morgan fingerprint density at radius 2 is 1.86 bits per heavy atom. The molecule has 0 unspecified atom stereocenters. The summed E-state index contributed by atoms with van der Waals surface area (Å²) in [6.07, 6.45) is 0. The van der Waals surface area contributed by atoms with Crippen molar-refractivity contribution in [2.45, 2.75) is 13.8 Å². The van der Waals surface area contributed by atoms with Crippen LogP contribution in [-0.2, 0) is 9.59 Å². The van der Waals surface area contributed by atoms with Crippen molar-refractivity contribution in [2.75, 3.05) is 26.8 Å². The molecule has 0 saturated carbocycles. The van der Waals surface area contributed by atoms with E-state index in [0.29, 0.717) is 24.0 Å². The van der Waals surface area contributed by atoms with Crippen LogP contribution in [0.15, 0.2) is 24.3 Å². The van der Waals surface area contributed by atoms with E-state index in [9.17, 15) is 9.59 Å². The third-order valence-electron chi connectivity index (χ3n) is 2.55. The van der Waals surface area contributed by atoms with Gasteiger partial charge < -0.3 is 19.5 Å². The largest absolute Gasteiger partial charge is 0.493 e. The number of aliphatic carboxylic acids is 1. The summed E-state index contributed by atoms with van der Waals surface area (Å²) in [6.45, 7) is 4.15. The number of nitrogens with zero attached hydrogens (tertiary/aromatic N) is 1. The van der Waals surface area contributed by atoms with E-state index in [2.05, 4.69) is 13.8 Å². The first-order valence-corrected chi connectivity index (χ1v) is 6.70. The van der Waals surface area contributed by atoms with Crippen LogP contribution in [0.1, 0.15) is 13.8 Å². The summed E-state index contributed by atoms with van der Waals surface area (Å²) < 4.78 is 10.9. The molecule has 0 saturated heterocycles. The second kappa shape index (κ2) is 8.14. The zero-order valence-corrected chi connectivity index (χ0v) is 12.5. The van der Waals surface area contributed by atoms with Crippen LogP contribution >= 0.6 is 0 Å². The molecule has 0 aliphatic heterocycles. The fraction of sp³-hybridized carbons (Fsp3) is 0.467. The highest BCUT2D eigenvalue weighted by Crippen LogP contribution is 2.20. The van der Waals surface area contributed by atoms with Crippen molar-refractivity contribution in [3.05, 3.63) is 24.3 Å². The number of rotatable bonds is 8. The lowest BCUT2D eigenvalue weighted by molar-refractivity contribution is -0.144. The number of carbonyl (C=O) groups excluding carboxylic acids is 1. The van der Waals surface area contributed by atoms with Gasteiger partial charge in [0.2, 0.25) is 0 Å². The van der Waals surface area contributed by atoms with Crippen LogP contribution < -0.4 is 9.47 Å². The monoisotopic (exact) mass is 295 g/mol. The third-order valence-corrected chi connectivity index (χ3v) is 2.55. The van der Waals surface area contributed by atoms with E-state index in [1.54, 1.807) is 18.2 Å². The first-order chi connectivity index (χ1) is 9.88. The highest BCUT2D eigenvalue weighted by Gasteiger charge is 2.12. The molecule has 0 atom stereocenters. The number of carboxylic acid groups (broad SMARTS) is 1. The predicted octanol–water partition coefficient (Wildman–Crippen LogP) is 1.64. The standard InChI is InChI=1S/C15H21NO5/c1-11(2)9-20-12-5-4-6-13(7-12)21-10-14(17)16(3)8-15(18)19/h4-7,11H,8-10H2,1-3H3,(H,18,19). The number of hydrogen-bond donors (Lipinski definition) is 1. The Bertz CT molecular complexity index is 487. The number of hydrogen-bond acceptors (Lipinski definition) is 4. The molecule has 0 radical (unpaired) electrons. The van der Waals surface area contributed by atoms with Crippen LogP contribution in [0.2, 0.25) is 0 Å². The maximum absolute atomic E-state index is 11.7. The Balaban J connectivity index is 2.49. The van der Waals surface area contributed by atoms with Gasteiger partial charge in [-0.25, -0.2) is 0 Å². The third kappa shape index (κ3) is 6.65. The summed E-state index contributed by atoms with van der Waals surface area (Å²) >= 11 is 0. The summed E-state index contributed by atoms with van der Waals surface area (Å²) in [5.74, 6) is 0.141. The predicted molar refractivity (Wildman–Crippen MR) is 77.5 cm³/mol. The molecule has 1 rings (SSSR count). The van der Waals surface area contributed by atoms with Crippen molar-refractivity contribution in [1.29, 1.82) is 0 Å². The second-order valence-electron chi connectivity index (χ2n) is 5.11. The molecule has 0 aliphatic carbocycles. The van der Waals surface area contributed by atoms with Crippen LogP contribution in [0.5, 0.6) is 11.5 Å². The van der Waals surface area contributed by atoms with E-state index in [1.807, 2.05) is 6.07 Å². The Hall–Kier alpha value is -2.24.